The molecule has 0 heterocycles. The first-order valence-electron chi connectivity index (χ1n) is 5.37. The van der Waals surface area contributed by atoms with Crippen molar-refractivity contribution in [1.29, 1.82) is 5.26 Å². The first-order valence-corrected chi connectivity index (χ1v) is 7.86. The molecule has 0 aromatic heterocycles. The van der Waals surface area contributed by atoms with Gasteiger partial charge in [-0.1, -0.05) is 6.92 Å². The minimum Gasteiger partial charge on any atom is -0.305 e. The van der Waals surface area contributed by atoms with Crippen molar-refractivity contribution in [2.75, 3.05) is 0 Å². The molecule has 94 valence electrons. The molecule has 0 fully saturated rings. The first kappa shape index (κ1) is 16.0. The molecular weight excluding hydrogens is 245 g/mol. The Morgan fingerprint density at radius 2 is 1.69 bits per heavy atom. The van der Waals surface area contributed by atoms with Gasteiger partial charge in [-0.05, 0) is 45.9 Å². The molecule has 0 aliphatic rings. The fourth-order valence-electron chi connectivity index (χ4n) is 1.18. The van der Waals surface area contributed by atoms with E-state index in [0.29, 0.717) is 6.42 Å². The number of nitriles is 1. The van der Waals surface area contributed by atoms with Crippen molar-refractivity contribution in [3.05, 3.63) is 0 Å². The number of hydrogen-bond acceptors (Lipinski definition) is 5. The molecule has 0 unspecified atom stereocenters. The number of hydrogen-bond donors (Lipinski definition) is 0. The van der Waals surface area contributed by atoms with Crippen molar-refractivity contribution in [3.8, 4) is 5.40 Å². The number of thiocyanates is 1. The lowest BCUT2D eigenvalue weighted by Gasteiger charge is -2.27. The summed E-state index contributed by atoms with van der Waals surface area (Å²) in [5.41, 5.74) is 0. The molecular formula is C10H20NO3PS. The Hall–Kier alpha value is -0.0100. The topological polar surface area (TPSA) is 59.3 Å². The fraction of sp³-hybridized carbons (Fsp3) is 0.900. The quantitative estimate of drug-likeness (QED) is 0.514. The summed E-state index contributed by atoms with van der Waals surface area (Å²) in [6.07, 6.45) is 0.213. The van der Waals surface area contributed by atoms with Gasteiger partial charge in [0.25, 0.3) is 0 Å². The smallest absolute Gasteiger partial charge is 0.305 e. The number of nitrogens with zero attached hydrogens (tertiary/aromatic N) is 1. The molecule has 0 aliphatic heterocycles. The van der Waals surface area contributed by atoms with Crippen LogP contribution in [-0.2, 0) is 13.6 Å². The van der Waals surface area contributed by atoms with E-state index >= 15 is 0 Å². The van der Waals surface area contributed by atoms with Crippen LogP contribution in [0.2, 0.25) is 0 Å². The predicted molar refractivity (Wildman–Crippen MR) is 67.3 cm³/mol. The highest BCUT2D eigenvalue weighted by atomic mass is 32.2. The Morgan fingerprint density at radius 3 is 1.94 bits per heavy atom. The third-order valence-corrected chi connectivity index (χ3v) is 5.91. The van der Waals surface area contributed by atoms with Crippen molar-refractivity contribution < 1.29 is 13.6 Å². The second kappa shape index (κ2) is 7.34. The first-order chi connectivity index (χ1) is 7.35. The van der Waals surface area contributed by atoms with Crippen LogP contribution < -0.4 is 0 Å². The summed E-state index contributed by atoms with van der Waals surface area (Å²) < 4.78 is 23.4. The van der Waals surface area contributed by atoms with Gasteiger partial charge in [0.05, 0.1) is 12.2 Å². The van der Waals surface area contributed by atoms with Gasteiger partial charge in [0.2, 0.25) is 0 Å². The standard InChI is InChI=1S/C10H20NO3PS/c1-6-10(16-7-11)15(12,13-8(2)3)14-9(4)5/h8-10H,6H2,1-5H3/t10-/m1/s1. The number of rotatable bonds is 7. The zero-order chi connectivity index (χ0) is 12.8. The highest BCUT2D eigenvalue weighted by Crippen LogP contribution is 2.59. The summed E-state index contributed by atoms with van der Waals surface area (Å²) in [6, 6.07) is 0. The van der Waals surface area contributed by atoms with Gasteiger partial charge in [-0.15, -0.1) is 0 Å². The van der Waals surface area contributed by atoms with Gasteiger partial charge in [0.1, 0.15) is 10.4 Å². The molecule has 0 spiro atoms. The van der Waals surface area contributed by atoms with Crippen molar-refractivity contribution >= 4 is 19.4 Å². The van der Waals surface area contributed by atoms with Crippen molar-refractivity contribution in [1.82, 2.24) is 0 Å². The lowest BCUT2D eigenvalue weighted by molar-refractivity contribution is 0.141. The third kappa shape index (κ3) is 5.36. The molecule has 0 N–H and O–H groups in total. The minimum atomic E-state index is -3.22. The summed E-state index contributed by atoms with van der Waals surface area (Å²) in [5.74, 6) is 0. The zero-order valence-corrected chi connectivity index (χ0v) is 12.2. The maximum absolute atomic E-state index is 12.5. The molecule has 0 aromatic rings. The number of thioether (sulfide) groups is 1. The van der Waals surface area contributed by atoms with Crippen LogP contribution in [0.15, 0.2) is 0 Å². The predicted octanol–water partition coefficient (Wildman–Crippen LogP) is 3.98. The van der Waals surface area contributed by atoms with Crippen LogP contribution in [0.1, 0.15) is 41.0 Å². The SMILES string of the molecule is CC[C@@H](SC#N)P(=O)(OC(C)C)OC(C)C. The monoisotopic (exact) mass is 265 g/mol. The van der Waals surface area contributed by atoms with Gasteiger partial charge in [-0.25, -0.2) is 0 Å². The van der Waals surface area contributed by atoms with Gasteiger partial charge in [-0.3, -0.25) is 4.57 Å². The minimum absolute atomic E-state index is 0.182. The highest BCUT2D eigenvalue weighted by molar-refractivity contribution is 8.09. The van der Waals surface area contributed by atoms with Gasteiger partial charge >= 0.3 is 7.60 Å². The average molecular weight is 265 g/mol. The molecule has 0 bridgehead atoms. The molecule has 0 rings (SSSR count). The van der Waals surface area contributed by atoms with Gasteiger partial charge in [0, 0.05) is 0 Å². The van der Waals surface area contributed by atoms with Crippen LogP contribution in [0.3, 0.4) is 0 Å². The summed E-state index contributed by atoms with van der Waals surface area (Å²) in [5, 5.41) is 10.6. The van der Waals surface area contributed by atoms with E-state index in [1.165, 1.54) is 0 Å². The Labute approximate surface area is 102 Å². The Kier molecular flexibility index (Phi) is 7.34. The molecule has 0 radical (unpaired) electrons. The van der Waals surface area contributed by atoms with Crippen LogP contribution in [0.5, 0.6) is 0 Å². The van der Waals surface area contributed by atoms with Crippen molar-refractivity contribution in [3.63, 3.8) is 0 Å². The summed E-state index contributed by atoms with van der Waals surface area (Å²) in [4.78, 5) is -0.415. The van der Waals surface area contributed by atoms with Gasteiger partial charge in [0.15, 0.2) is 0 Å². The van der Waals surface area contributed by atoms with E-state index in [1.807, 2.05) is 12.3 Å². The molecule has 4 nitrogen and oxygen atoms in total. The van der Waals surface area contributed by atoms with E-state index < -0.39 is 12.6 Å². The second-order valence-electron chi connectivity index (χ2n) is 3.92. The van der Waals surface area contributed by atoms with Crippen LogP contribution in [0, 0.1) is 10.7 Å². The molecule has 0 saturated carbocycles. The molecule has 16 heavy (non-hydrogen) atoms. The van der Waals surface area contributed by atoms with E-state index in [-0.39, 0.29) is 12.2 Å². The Balaban J connectivity index is 4.89. The van der Waals surface area contributed by atoms with E-state index in [4.69, 9.17) is 14.3 Å². The lowest BCUT2D eigenvalue weighted by atomic mass is 10.5. The van der Waals surface area contributed by atoms with Gasteiger partial charge in [-0.2, -0.15) is 5.26 Å². The van der Waals surface area contributed by atoms with Crippen LogP contribution in [-0.4, -0.2) is 17.2 Å². The van der Waals surface area contributed by atoms with Crippen LogP contribution >= 0.6 is 19.4 Å². The van der Waals surface area contributed by atoms with Gasteiger partial charge < -0.3 is 9.05 Å². The van der Waals surface area contributed by atoms with E-state index in [2.05, 4.69) is 0 Å². The normalized spacial score (nSPS) is 14.1. The Morgan fingerprint density at radius 1 is 1.25 bits per heavy atom. The summed E-state index contributed by atoms with van der Waals surface area (Å²) in [7, 11) is -3.22. The molecule has 0 aliphatic carbocycles. The third-order valence-electron chi connectivity index (χ3n) is 1.61. The largest absolute Gasteiger partial charge is 0.345 e. The fourth-order valence-corrected chi connectivity index (χ4v) is 4.37. The molecule has 6 heteroatoms. The maximum atomic E-state index is 12.5. The Bertz CT molecular complexity index is 274. The highest BCUT2D eigenvalue weighted by Gasteiger charge is 2.37. The van der Waals surface area contributed by atoms with Crippen molar-refractivity contribution in [2.24, 2.45) is 0 Å². The summed E-state index contributed by atoms with van der Waals surface area (Å²) in [6.45, 7) is 9.09. The average Bonchev–Trinajstić information content (AvgIpc) is 2.10. The van der Waals surface area contributed by atoms with Crippen LogP contribution in [0.4, 0.5) is 0 Å². The molecule has 0 saturated heterocycles. The molecule has 0 aromatic carbocycles. The zero-order valence-electron chi connectivity index (χ0n) is 10.5. The van der Waals surface area contributed by atoms with E-state index in [1.54, 1.807) is 27.7 Å². The lowest BCUT2D eigenvalue weighted by Crippen LogP contribution is -2.15. The summed E-state index contributed by atoms with van der Waals surface area (Å²) >= 11 is 0.960. The van der Waals surface area contributed by atoms with E-state index in [0.717, 1.165) is 11.8 Å². The second-order valence-corrected chi connectivity index (χ2v) is 7.38. The van der Waals surface area contributed by atoms with Crippen LogP contribution in [0.25, 0.3) is 0 Å². The molecule has 0 amide bonds. The van der Waals surface area contributed by atoms with E-state index in [9.17, 15) is 4.57 Å². The molecule has 1 atom stereocenters. The van der Waals surface area contributed by atoms with Crippen molar-refractivity contribution in [2.45, 2.75) is 58.2 Å². The maximum Gasteiger partial charge on any atom is 0.345 e.